The van der Waals surface area contributed by atoms with Crippen LogP contribution in [0.5, 0.6) is 0 Å². The van der Waals surface area contributed by atoms with E-state index in [2.05, 4.69) is 15.4 Å². The lowest BCUT2D eigenvalue weighted by Gasteiger charge is -2.29. The van der Waals surface area contributed by atoms with Crippen LogP contribution in [0, 0.1) is 0 Å². The number of morpholine rings is 1. The van der Waals surface area contributed by atoms with Crippen LogP contribution in [0.25, 0.3) is 0 Å². The summed E-state index contributed by atoms with van der Waals surface area (Å²) in [6, 6.07) is 14.8. The van der Waals surface area contributed by atoms with Crippen molar-refractivity contribution in [3.8, 4) is 0 Å². The molecule has 1 aliphatic rings. The second-order valence-electron chi connectivity index (χ2n) is 6.85. The molecular weight excluding hydrogens is 386 g/mol. The summed E-state index contributed by atoms with van der Waals surface area (Å²) in [5.41, 5.74) is 1.84. The summed E-state index contributed by atoms with van der Waals surface area (Å²) in [6.07, 6.45) is 0.350. The van der Waals surface area contributed by atoms with Crippen molar-refractivity contribution in [2.45, 2.75) is 12.5 Å². The first-order valence-electron chi connectivity index (χ1n) is 9.73. The fourth-order valence-corrected chi connectivity index (χ4v) is 3.10. The fraction of sp³-hybridized carbons (Fsp3) is 0.318. The third kappa shape index (κ3) is 5.81. The maximum Gasteiger partial charge on any atom is 0.337 e. The molecule has 1 saturated heterocycles. The van der Waals surface area contributed by atoms with Gasteiger partial charge in [-0.1, -0.05) is 30.3 Å². The highest BCUT2D eigenvalue weighted by Crippen LogP contribution is 2.12. The molecule has 1 atom stereocenters. The van der Waals surface area contributed by atoms with Crippen molar-refractivity contribution in [2.75, 3.05) is 38.7 Å². The molecular formula is C22H25N3O5. The molecule has 0 unspecified atom stereocenters. The average Bonchev–Trinajstić information content (AvgIpc) is 2.79. The largest absolute Gasteiger partial charge is 0.465 e. The Hall–Kier alpha value is -3.39. The lowest BCUT2D eigenvalue weighted by atomic mass is 10.1. The second-order valence-corrected chi connectivity index (χ2v) is 6.85. The number of amides is 3. The first kappa shape index (κ1) is 21.3. The molecule has 2 aromatic rings. The summed E-state index contributed by atoms with van der Waals surface area (Å²) in [5, 5.41) is 5.64. The molecule has 1 aliphatic heterocycles. The summed E-state index contributed by atoms with van der Waals surface area (Å²) >= 11 is 0. The van der Waals surface area contributed by atoms with Crippen molar-refractivity contribution in [2.24, 2.45) is 0 Å². The van der Waals surface area contributed by atoms with Crippen molar-refractivity contribution in [3.63, 3.8) is 0 Å². The highest BCUT2D eigenvalue weighted by Gasteiger charge is 2.25. The molecule has 2 aromatic carbocycles. The van der Waals surface area contributed by atoms with E-state index in [9.17, 15) is 14.4 Å². The van der Waals surface area contributed by atoms with Gasteiger partial charge in [0.15, 0.2) is 0 Å². The zero-order chi connectivity index (χ0) is 21.3. The number of nitrogens with zero attached hydrogens (tertiary/aromatic N) is 1. The normalized spacial score (nSPS) is 14.5. The number of carbonyl (C=O) groups is 3. The number of urea groups is 1. The predicted molar refractivity (Wildman–Crippen MR) is 111 cm³/mol. The molecule has 8 heteroatoms. The lowest BCUT2D eigenvalue weighted by molar-refractivity contribution is -0.118. The first-order chi connectivity index (χ1) is 14.6. The SMILES string of the molecule is COC(=O)c1ccc(NC(=O)[C@H](Cc2ccccc2)NC(=O)N2CCOCC2)cc1. The van der Waals surface area contributed by atoms with E-state index in [1.165, 1.54) is 7.11 Å². The van der Waals surface area contributed by atoms with E-state index < -0.39 is 12.0 Å². The Morgan fingerprint density at radius 2 is 1.70 bits per heavy atom. The van der Waals surface area contributed by atoms with Gasteiger partial charge in [-0.15, -0.1) is 0 Å². The van der Waals surface area contributed by atoms with Crippen LogP contribution < -0.4 is 10.6 Å². The van der Waals surface area contributed by atoms with Gasteiger partial charge < -0.3 is 25.0 Å². The Kier molecular flexibility index (Phi) is 7.40. The number of hydrogen-bond donors (Lipinski definition) is 2. The van der Waals surface area contributed by atoms with Gasteiger partial charge >= 0.3 is 12.0 Å². The molecule has 30 heavy (non-hydrogen) atoms. The summed E-state index contributed by atoms with van der Waals surface area (Å²) < 4.78 is 9.95. The van der Waals surface area contributed by atoms with Gasteiger partial charge in [-0.05, 0) is 29.8 Å². The van der Waals surface area contributed by atoms with Crippen LogP contribution in [0.3, 0.4) is 0 Å². The molecule has 1 fully saturated rings. The van der Waals surface area contributed by atoms with Crippen molar-refractivity contribution in [1.82, 2.24) is 10.2 Å². The maximum absolute atomic E-state index is 12.9. The minimum atomic E-state index is -0.761. The maximum atomic E-state index is 12.9. The number of rotatable bonds is 6. The quantitative estimate of drug-likeness (QED) is 0.710. The van der Waals surface area contributed by atoms with Gasteiger partial charge in [0, 0.05) is 25.2 Å². The third-order valence-corrected chi connectivity index (χ3v) is 4.77. The van der Waals surface area contributed by atoms with Gasteiger partial charge in [0.05, 0.1) is 25.9 Å². The molecule has 1 heterocycles. The molecule has 0 aliphatic carbocycles. The Balaban J connectivity index is 1.70. The standard InChI is InChI=1S/C22H25N3O5/c1-29-21(27)17-7-9-18(10-8-17)23-20(26)19(15-16-5-3-2-4-6-16)24-22(28)25-11-13-30-14-12-25/h2-10,19H,11-15H2,1H3,(H,23,26)(H,24,28)/t19-/m0/s1. The Bertz CT molecular complexity index is 864. The highest BCUT2D eigenvalue weighted by atomic mass is 16.5. The number of ether oxygens (including phenoxy) is 2. The third-order valence-electron chi connectivity index (χ3n) is 4.77. The van der Waals surface area contributed by atoms with Crippen molar-refractivity contribution in [3.05, 3.63) is 65.7 Å². The average molecular weight is 411 g/mol. The number of carbonyl (C=O) groups excluding carboxylic acids is 3. The number of esters is 1. The Labute approximate surface area is 175 Å². The molecule has 0 spiro atoms. The summed E-state index contributed by atoms with van der Waals surface area (Å²) in [7, 11) is 1.31. The van der Waals surface area contributed by atoms with Crippen LogP contribution in [0.2, 0.25) is 0 Å². The van der Waals surface area contributed by atoms with Crippen LogP contribution in [-0.2, 0) is 20.7 Å². The van der Waals surface area contributed by atoms with Gasteiger partial charge in [-0.2, -0.15) is 0 Å². The van der Waals surface area contributed by atoms with E-state index in [4.69, 9.17) is 4.74 Å². The molecule has 2 N–H and O–H groups in total. The molecule has 0 aromatic heterocycles. The molecule has 0 radical (unpaired) electrons. The minimum absolute atomic E-state index is 0.296. The smallest absolute Gasteiger partial charge is 0.337 e. The van der Waals surface area contributed by atoms with Crippen LogP contribution in [0.4, 0.5) is 10.5 Å². The van der Waals surface area contributed by atoms with Crippen LogP contribution in [-0.4, -0.2) is 62.3 Å². The zero-order valence-electron chi connectivity index (χ0n) is 16.8. The van der Waals surface area contributed by atoms with Gasteiger partial charge in [-0.25, -0.2) is 9.59 Å². The van der Waals surface area contributed by atoms with Crippen molar-refractivity contribution >= 4 is 23.6 Å². The van der Waals surface area contributed by atoms with Gasteiger partial charge in [0.25, 0.3) is 0 Å². The van der Waals surface area contributed by atoms with Gasteiger partial charge in [0.2, 0.25) is 5.91 Å². The number of benzene rings is 2. The number of hydrogen-bond acceptors (Lipinski definition) is 5. The topological polar surface area (TPSA) is 97.0 Å². The second kappa shape index (κ2) is 10.4. The molecule has 158 valence electrons. The molecule has 8 nitrogen and oxygen atoms in total. The predicted octanol–water partition coefficient (Wildman–Crippen LogP) is 2.06. The van der Waals surface area contributed by atoms with Crippen LogP contribution in [0.15, 0.2) is 54.6 Å². The van der Waals surface area contributed by atoms with E-state index in [-0.39, 0.29) is 11.9 Å². The van der Waals surface area contributed by atoms with E-state index >= 15 is 0 Å². The molecule has 3 amide bonds. The highest BCUT2D eigenvalue weighted by molar-refractivity contribution is 5.98. The molecule has 0 saturated carbocycles. The van der Waals surface area contributed by atoms with Gasteiger partial charge in [-0.3, -0.25) is 4.79 Å². The first-order valence-corrected chi connectivity index (χ1v) is 9.73. The van der Waals surface area contributed by atoms with Gasteiger partial charge in [0.1, 0.15) is 6.04 Å². The van der Waals surface area contributed by atoms with E-state index in [0.29, 0.717) is 44.0 Å². The minimum Gasteiger partial charge on any atom is -0.465 e. The van der Waals surface area contributed by atoms with E-state index in [1.807, 2.05) is 30.3 Å². The number of anilines is 1. The number of nitrogens with one attached hydrogen (secondary N) is 2. The van der Waals surface area contributed by atoms with E-state index in [1.54, 1.807) is 29.2 Å². The lowest BCUT2D eigenvalue weighted by Crippen LogP contribution is -2.53. The van der Waals surface area contributed by atoms with Crippen molar-refractivity contribution in [1.29, 1.82) is 0 Å². The van der Waals surface area contributed by atoms with Crippen LogP contribution in [0.1, 0.15) is 15.9 Å². The summed E-state index contributed by atoms with van der Waals surface area (Å²) in [4.78, 5) is 38.8. The molecule has 0 bridgehead atoms. The summed E-state index contributed by atoms with van der Waals surface area (Å²) in [5.74, 6) is -0.793. The van der Waals surface area contributed by atoms with Crippen LogP contribution >= 0.6 is 0 Å². The molecule has 3 rings (SSSR count). The Morgan fingerprint density at radius 3 is 2.33 bits per heavy atom. The zero-order valence-corrected chi connectivity index (χ0v) is 16.8. The number of methoxy groups -OCH3 is 1. The fourth-order valence-electron chi connectivity index (χ4n) is 3.10. The van der Waals surface area contributed by atoms with E-state index in [0.717, 1.165) is 5.56 Å². The van der Waals surface area contributed by atoms with Crippen molar-refractivity contribution < 1.29 is 23.9 Å². The monoisotopic (exact) mass is 411 g/mol. The summed E-state index contributed by atoms with van der Waals surface area (Å²) in [6.45, 7) is 1.94. The Morgan fingerprint density at radius 1 is 1.03 bits per heavy atom.